The smallest absolute Gasteiger partial charge is 0.344 e. The molecule has 0 saturated heterocycles. The molecule has 0 bridgehead atoms. The zero-order valence-electron chi connectivity index (χ0n) is 10.7. The normalized spacial score (nSPS) is 12.3. The van der Waals surface area contributed by atoms with E-state index in [2.05, 4.69) is 4.98 Å². The van der Waals surface area contributed by atoms with Gasteiger partial charge in [-0.2, -0.15) is 0 Å². The van der Waals surface area contributed by atoms with Crippen molar-refractivity contribution in [3.8, 4) is 5.75 Å². The summed E-state index contributed by atoms with van der Waals surface area (Å²) in [5.74, 6) is -0.0290. The molecule has 0 aliphatic rings. The number of nitrogen functional groups attached to an aromatic ring is 1. The van der Waals surface area contributed by atoms with Gasteiger partial charge in [-0.05, 0) is 18.6 Å². The second kappa shape index (κ2) is 5.56. The molecule has 100 valence electrons. The van der Waals surface area contributed by atoms with Crippen LogP contribution in [0.25, 0.3) is 10.8 Å². The molecule has 0 radical (unpaired) electrons. The van der Waals surface area contributed by atoms with E-state index < -0.39 is 12.1 Å². The lowest BCUT2D eigenvalue weighted by Gasteiger charge is -2.16. The van der Waals surface area contributed by atoms with Gasteiger partial charge in [0.2, 0.25) is 0 Å². The SMILES string of the molecule is CCCC(Oc1cccc2c(N)nccc12)C(=O)O. The highest BCUT2D eigenvalue weighted by Gasteiger charge is 2.19. The summed E-state index contributed by atoms with van der Waals surface area (Å²) in [5, 5.41) is 10.7. The summed E-state index contributed by atoms with van der Waals surface area (Å²) in [6.07, 6.45) is 1.95. The van der Waals surface area contributed by atoms with E-state index in [1.807, 2.05) is 13.0 Å². The average molecular weight is 260 g/mol. The highest BCUT2D eigenvalue weighted by Crippen LogP contribution is 2.29. The number of ether oxygens (including phenoxy) is 1. The quantitative estimate of drug-likeness (QED) is 0.862. The molecule has 5 nitrogen and oxygen atoms in total. The number of nitrogens with two attached hydrogens (primary N) is 1. The van der Waals surface area contributed by atoms with E-state index in [1.54, 1.807) is 24.4 Å². The maximum Gasteiger partial charge on any atom is 0.344 e. The highest BCUT2D eigenvalue weighted by atomic mass is 16.5. The Balaban J connectivity index is 2.40. The summed E-state index contributed by atoms with van der Waals surface area (Å²) < 4.78 is 5.60. The van der Waals surface area contributed by atoms with Crippen molar-refractivity contribution >= 4 is 22.6 Å². The Morgan fingerprint density at radius 3 is 2.89 bits per heavy atom. The van der Waals surface area contributed by atoms with Crippen LogP contribution in [0.5, 0.6) is 5.75 Å². The number of carbonyl (C=O) groups is 1. The van der Waals surface area contributed by atoms with Gasteiger partial charge < -0.3 is 15.6 Å². The van der Waals surface area contributed by atoms with Crippen molar-refractivity contribution in [3.63, 3.8) is 0 Å². The van der Waals surface area contributed by atoms with Crippen molar-refractivity contribution in [1.82, 2.24) is 4.98 Å². The number of carboxylic acid groups (broad SMARTS) is 1. The third-order valence-electron chi connectivity index (χ3n) is 2.89. The first-order valence-corrected chi connectivity index (χ1v) is 6.16. The first-order valence-electron chi connectivity index (χ1n) is 6.16. The van der Waals surface area contributed by atoms with Crippen LogP contribution >= 0.6 is 0 Å². The number of nitrogens with zero attached hydrogens (tertiary/aromatic N) is 1. The van der Waals surface area contributed by atoms with Crippen LogP contribution in [-0.4, -0.2) is 22.2 Å². The standard InChI is InChI=1S/C14H16N2O3/c1-2-4-12(14(17)18)19-11-6-3-5-10-9(11)7-8-16-13(10)15/h3,5-8,12H,2,4H2,1H3,(H2,15,16)(H,17,18). The first-order chi connectivity index (χ1) is 9.13. The van der Waals surface area contributed by atoms with Gasteiger partial charge in [0.15, 0.2) is 6.10 Å². The molecule has 0 aliphatic carbocycles. The number of carboxylic acids is 1. The highest BCUT2D eigenvalue weighted by molar-refractivity contribution is 5.95. The number of benzene rings is 1. The molecule has 1 atom stereocenters. The van der Waals surface area contributed by atoms with Gasteiger partial charge in [0, 0.05) is 17.0 Å². The first kappa shape index (κ1) is 13.1. The number of pyridine rings is 1. The summed E-state index contributed by atoms with van der Waals surface area (Å²) in [5.41, 5.74) is 5.79. The van der Waals surface area contributed by atoms with Crippen molar-refractivity contribution in [2.24, 2.45) is 0 Å². The minimum absolute atomic E-state index is 0.408. The largest absolute Gasteiger partial charge is 0.479 e. The van der Waals surface area contributed by atoms with Crippen LogP contribution in [0, 0.1) is 0 Å². The van der Waals surface area contributed by atoms with Crippen LogP contribution in [-0.2, 0) is 4.79 Å². The molecule has 1 aromatic carbocycles. The summed E-state index contributed by atoms with van der Waals surface area (Å²) in [7, 11) is 0. The zero-order valence-corrected chi connectivity index (χ0v) is 10.7. The van der Waals surface area contributed by atoms with E-state index >= 15 is 0 Å². The summed E-state index contributed by atoms with van der Waals surface area (Å²) >= 11 is 0. The summed E-state index contributed by atoms with van der Waals surface area (Å²) in [6.45, 7) is 1.92. The number of rotatable bonds is 5. The summed E-state index contributed by atoms with van der Waals surface area (Å²) in [4.78, 5) is 15.1. The average Bonchev–Trinajstić information content (AvgIpc) is 2.39. The fraction of sp³-hybridized carbons (Fsp3) is 0.286. The van der Waals surface area contributed by atoms with Gasteiger partial charge in [0.05, 0.1) is 0 Å². The molecule has 2 rings (SSSR count). The number of fused-ring (bicyclic) bond motifs is 1. The van der Waals surface area contributed by atoms with E-state index in [0.29, 0.717) is 18.0 Å². The molecule has 0 amide bonds. The maximum atomic E-state index is 11.1. The van der Waals surface area contributed by atoms with Crippen LogP contribution in [0.1, 0.15) is 19.8 Å². The molecule has 1 heterocycles. The molecule has 0 aliphatic heterocycles. The summed E-state index contributed by atoms with van der Waals surface area (Å²) in [6, 6.07) is 7.12. The van der Waals surface area contributed by atoms with E-state index in [-0.39, 0.29) is 0 Å². The zero-order chi connectivity index (χ0) is 13.8. The number of anilines is 1. The van der Waals surface area contributed by atoms with Gasteiger partial charge in [0.25, 0.3) is 0 Å². The Hall–Kier alpha value is -2.30. The number of aliphatic carboxylic acids is 1. The fourth-order valence-electron chi connectivity index (χ4n) is 1.95. The van der Waals surface area contributed by atoms with Crippen molar-refractivity contribution in [2.75, 3.05) is 5.73 Å². The van der Waals surface area contributed by atoms with Crippen LogP contribution in [0.4, 0.5) is 5.82 Å². The molecule has 0 saturated carbocycles. The van der Waals surface area contributed by atoms with E-state index in [0.717, 1.165) is 17.2 Å². The number of hydrogen-bond donors (Lipinski definition) is 2. The third kappa shape index (κ3) is 2.76. The molecule has 2 aromatic rings. The van der Waals surface area contributed by atoms with Gasteiger partial charge >= 0.3 is 5.97 Å². The van der Waals surface area contributed by atoms with Crippen LogP contribution < -0.4 is 10.5 Å². The van der Waals surface area contributed by atoms with Crippen molar-refractivity contribution in [1.29, 1.82) is 0 Å². The molecular formula is C14H16N2O3. The lowest BCUT2D eigenvalue weighted by molar-refractivity contribution is -0.145. The Labute approximate surface area is 111 Å². The maximum absolute atomic E-state index is 11.1. The predicted octanol–water partition coefficient (Wildman–Crippen LogP) is 2.45. The van der Waals surface area contributed by atoms with Crippen LogP contribution in [0.3, 0.4) is 0 Å². The van der Waals surface area contributed by atoms with Gasteiger partial charge in [-0.3, -0.25) is 0 Å². The van der Waals surface area contributed by atoms with E-state index in [1.165, 1.54) is 0 Å². The van der Waals surface area contributed by atoms with E-state index in [4.69, 9.17) is 15.6 Å². The fourth-order valence-corrected chi connectivity index (χ4v) is 1.95. The molecular weight excluding hydrogens is 244 g/mol. The molecule has 1 aromatic heterocycles. The molecule has 19 heavy (non-hydrogen) atoms. The monoisotopic (exact) mass is 260 g/mol. The predicted molar refractivity (Wildman–Crippen MR) is 73.1 cm³/mol. The van der Waals surface area contributed by atoms with Crippen molar-refractivity contribution in [3.05, 3.63) is 30.5 Å². The molecule has 5 heteroatoms. The molecule has 3 N–H and O–H groups in total. The van der Waals surface area contributed by atoms with Crippen molar-refractivity contribution in [2.45, 2.75) is 25.9 Å². The number of hydrogen-bond acceptors (Lipinski definition) is 4. The molecule has 1 unspecified atom stereocenters. The molecule has 0 spiro atoms. The van der Waals surface area contributed by atoms with Crippen LogP contribution in [0.15, 0.2) is 30.5 Å². The minimum Gasteiger partial charge on any atom is -0.479 e. The third-order valence-corrected chi connectivity index (χ3v) is 2.89. The van der Waals surface area contributed by atoms with Gasteiger partial charge in [-0.25, -0.2) is 9.78 Å². The Morgan fingerprint density at radius 1 is 1.42 bits per heavy atom. The minimum atomic E-state index is -0.958. The van der Waals surface area contributed by atoms with E-state index in [9.17, 15) is 4.79 Å². The Kier molecular flexibility index (Phi) is 3.85. The lowest BCUT2D eigenvalue weighted by atomic mass is 10.1. The second-order valence-corrected chi connectivity index (χ2v) is 4.28. The van der Waals surface area contributed by atoms with Gasteiger partial charge in [-0.15, -0.1) is 0 Å². The second-order valence-electron chi connectivity index (χ2n) is 4.28. The van der Waals surface area contributed by atoms with Crippen LogP contribution in [0.2, 0.25) is 0 Å². The molecule has 0 fully saturated rings. The Morgan fingerprint density at radius 2 is 2.21 bits per heavy atom. The number of aromatic nitrogens is 1. The van der Waals surface area contributed by atoms with Gasteiger partial charge in [-0.1, -0.05) is 25.5 Å². The topological polar surface area (TPSA) is 85.4 Å². The lowest BCUT2D eigenvalue weighted by Crippen LogP contribution is -2.26. The van der Waals surface area contributed by atoms with Gasteiger partial charge in [0.1, 0.15) is 11.6 Å². The Bertz CT molecular complexity index is 598. The van der Waals surface area contributed by atoms with Crippen molar-refractivity contribution < 1.29 is 14.6 Å².